The maximum Gasteiger partial charge on any atom is 0.240 e. The van der Waals surface area contributed by atoms with E-state index in [4.69, 9.17) is 4.74 Å². The normalized spacial score (nSPS) is 11.7. The van der Waals surface area contributed by atoms with Crippen molar-refractivity contribution in [1.82, 2.24) is 18.5 Å². The highest BCUT2D eigenvalue weighted by molar-refractivity contribution is 7.89. The lowest BCUT2D eigenvalue weighted by atomic mass is 10.2. The average Bonchev–Trinajstić information content (AvgIpc) is 3.28. The third-order valence-electron chi connectivity index (χ3n) is 4.10. The highest BCUT2D eigenvalue weighted by Crippen LogP contribution is 2.16. The van der Waals surface area contributed by atoms with Crippen LogP contribution in [0, 0.1) is 0 Å². The van der Waals surface area contributed by atoms with Crippen molar-refractivity contribution in [2.75, 3.05) is 25.5 Å². The van der Waals surface area contributed by atoms with E-state index in [0.29, 0.717) is 12.3 Å². The summed E-state index contributed by atoms with van der Waals surface area (Å²) in [6.07, 6.45) is 7.43. The highest BCUT2D eigenvalue weighted by Gasteiger charge is 2.12. The smallest absolute Gasteiger partial charge is 0.240 e. The van der Waals surface area contributed by atoms with Crippen molar-refractivity contribution >= 4 is 32.5 Å². The van der Waals surface area contributed by atoms with Crippen LogP contribution in [0.25, 0.3) is 4.96 Å². The molecule has 0 radical (unpaired) electrons. The van der Waals surface area contributed by atoms with Gasteiger partial charge in [0.25, 0.3) is 0 Å². The van der Waals surface area contributed by atoms with E-state index in [9.17, 15) is 8.42 Å². The minimum absolute atomic E-state index is 0.251. The SMILES string of the molecule is COc1ccc(S(=O)(=O)NCCCCCCNc2nsc3nccn23)cc1. The number of benzene rings is 1. The van der Waals surface area contributed by atoms with Gasteiger partial charge in [-0.2, -0.15) is 4.37 Å². The van der Waals surface area contributed by atoms with Crippen molar-refractivity contribution in [3.05, 3.63) is 36.7 Å². The zero-order valence-corrected chi connectivity index (χ0v) is 16.7. The summed E-state index contributed by atoms with van der Waals surface area (Å²) in [6, 6.07) is 6.37. The van der Waals surface area contributed by atoms with Gasteiger partial charge in [0.1, 0.15) is 5.75 Å². The number of ether oxygens (including phenoxy) is 1. The Morgan fingerprint density at radius 2 is 1.85 bits per heavy atom. The van der Waals surface area contributed by atoms with Crippen LogP contribution in [0.4, 0.5) is 5.95 Å². The fourth-order valence-electron chi connectivity index (χ4n) is 2.61. The van der Waals surface area contributed by atoms with Gasteiger partial charge < -0.3 is 10.1 Å². The summed E-state index contributed by atoms with van der Waals surface area (Å²) < 4.78 is 38.3. The lowest BCUT2D eigenvalue weighted by Gasteiger charge is -2.08. The first kappa shape index (κ1) is 19.6. The van der Waals surface area contributed by atoms with Crippen molar-refractivity contribution in [2.24, 2.45) is 0 Å². The average molecular weight is 410 g/mol. The largest absolute Gasteiger partial charge is 0.497 e. The van der Waals surface area contributed by atoms with Crippen LogP contribution in [0.1, 0.15) is 25.7 Å². The summed E-state index contributed by atoms with van der Waals surface area (Å²) in [7, 11) is -1.91. The van der Waals surface area contributed by atoms with Crippen LogP contribution in [-0.4, -0.2) is 42.4 Å². The molecule has 0 unspecified atom stereocenters. The summed E-state index contributed by atoms with van der Waals surface area (Å²) >= 11 is 1.37. The Balaban J connectivity index is 1.30. The van der Waals surface area contributed by atoms with Crippen LogP contribution in [0.2, 0.25) is 0 Å². The molecule has 1 aromatic carbocycles. The minimum Gasteiger partial charge on any atom is -0.497 e. The number of hydrogen-bond acceptors (Lipinski definition) is 7. The van der Waals surface area contributed by atoms with E-state index >= 15 is 0 Å². The van der Waals surface area contributed by atoms with Gasteiger partial charge in [0.05, 0.1) is 12.0 Å². The molecule has 3 aromatic rings. The Hall–Kier alpha value is -2.17. The van der Waals surface area contributed by atoms with Gasteiger partial charge in [-0.1, -0.05) is 12.8 Å². The van der Waals surface area contributed by atoms with Gasteiger partial charge in [0.2, 0.25) is 20.9 Å². The van der Waals surface area contributed by atoms with Crippen molar-refractivity contribution in [2.45, 2.75) is 30.6 Å². The molecule has 0 atom stereocenters. The number of hydrogen-bond donors (Lipinski definition) is 2. The van der Waals surface area contributed by atoms with Crippen LogP contribution in [-0.2, 0) is 10.0 Å². The monoisotopic (exact) mass is 409 g/mol. The second kappa shape index (κ2) is 9.16. The molecule has 0 aliphatic heterocycles. The van der Waals surface area contributed by atoms with Crippen molar-refractivity contribution in [1.29, 1.82) is 0 Å². The number of imidazole rings is 1. The quantitative estimate of drug-likeness (QED) is 0.473. The van der Waals surface area contributed by atoms with Crippen LogP contribution >= 0.6 is 11.5 Å². The first-order valence-electron chi connectivity index (χ1n) is 8.76. The molecule has 0 bridgehead atoms. The van der Waals surface area contributed by atoms with Gasteiger partial charge in [-0.05, 0) is 37.1 Å². The number of methoxy groups -OCH3 is 1. The van der Waals surface area contributed by atoms with Crippen LogP contribution in [0.5, 0.6) is 5.75 Å². The summed E-state index contributed by atoms with van der Waals surface area (Å²) in [5, 5.41) is 3.30. The lowest BCUT2D eigenvalue weighted by Crippen LogP contribution is -2.24. The number of nitrogens with zero attached hydrogens (tertiary/aromatic N) is 3. The number of fused-ring (bicyclic) bond motifs is 1. The minimum atomic E-state index is -3.46. The van der Waals surface area contributed by atoms with E-state index in [1.54, 1.807) is 37.6 Å². The Kier molecular flexibility index (Phi) is 6.64. The van der Waals surface area contributed by atoms with Crippen LogP contribution in [0.3, 0.4) is 0 Å². The molecular formula is C17H23N5O3S2. The number of unbranched alkanes of at least 4 members (excludes halogenated alkanes) is 3. The van der Waals surface area contributed by atoms with E-state index in [2.05, 4.69) is 19.4 Å². The predicted octanol–water partition coefficient (Wildman–Crippen LogP) is 2.75. The second-order valence-corrected chi connectivity index (χ2v) is 8.50. The standard InChI is InChI=1S/C17H23N5O3S2/c1-25-14-6-8-15(9-7-14)27(23,24)20-11-5-3-2-4-10-18-16-21-26-17-19-12-13-22(16)17/h6-9,12-13,20H,2-5,10-11H2,1H3,(H,18,21). The summed E-state index contributed by atoms with van der Waals surface area (Å²) in [6.45, 7) is 1.26. The van der Waals surface area contributed by atoms with Gasteiger partial charge in [0, 0.05) is 37.0 Å². The third-order valence-corrected chi connectivity index (χ3v) is 6.30. The highest BCUT2D eigenvalue weighted by atomic mass is 32.2. The van der Waals surface area contributed by atoms with Gasteiger partial charge in [0.15, 0.2) is 0 Å². The molecule has 8 nitrogen and oxygen atoms in total. The Labute approximate surface area is 162 Å². The number of sulfonamides is 1. The van der Waals surface area contributed by atoms with E-state index < -0.39 is 10.0 Å². The van der Waals surface area contributed by atoms with Crippen molar-refractivity contribution in [3.8, 4) is 5.75 Å². The summed E-state index contributed by atoms with van der Waals surface area (Å²) in [5.74, 6) is 1.45. The predicted molar refractivity (Wildman–Crippen MR) is 106 cm³/mol. The molecule has 27 heavy (non-hydrogen) atoms. The van der Waals surface area contributed by atoms with E-state index in [1.807, 2.05) is 10.6 Å². The Morgan fingerprint density at radius 1 is 1.11 bits per heavy atom. The van der Waals surface area contributed by atoms with Gasteiger partial charge >= 0.3 is 0 Å². The topological polar surface area (TPSA) is 97.6 Å². The number of nitrogens with one attached hydrogen (secondary N) is 2. The molecule has 2 N–H and O–H groups in total. The van der Waals surface area contributed by atoms with Gasteiger partial charge in [-0.3, -0.25) is 4.40 Å². The number of aromatic nitrogens is 3. The molecule has 0 amide bonds. The van der Waals surface area contributed by atoms with Crippen LogP contribution < -0.4 is 14.8 Å². The Morgan fingerprint density at radius 3 is 2.59 bits per heavy atom. The molecule has 0 saturated carbocycles. The molecule has 0 spiro atoms. The number of rotatable bonds is 11. The maximum absolute atomic E-state index is 12.2. The molecule has 10 heteroatoms. The molecule has 2 heterocycles. The maximum atomic E-state index is 12.2. The molecular weight excluding hydrogens is 386 g/mol. The van der Waals surface area contributed by atoms with E-state index in [-0.39, 0.29) is 4.90 Å². The molecule has 0 fully saturated rings. The van der Waals surface area contributed by atoms with E-state index in [1.165, 1.54) is 11.5 Å². The molecule has 0 aliphatic rings. The summed E-state index contributed by atoms with van der Waals surface area (Å²) in [4.78, 5) is 5.31. The van der Waals surface area contributed by atoms with Crippen molar-refractivity contribution < 1.29 is 13.2 Å². The second-order valence-electron chi connectivity index (χ2n) is 6.00. The molecule has 0 saturated heterocycles. The zero-order valence-electron chi connectivity index (χ0n) is 15.1. The lowest BCUT2D eigenvalue weighted by molar-refractivity contribution is 0.414. The molecule has 0 aliphatic carbocycles. The van der Waals surface area contributed by atoms with Gasteiger partial charge in [-0.25, -0.2) is 18.1 Å². The molecule has 146 valence electrons. The zero-order chi connectivity index (χ0) is 19.1. The number of anilines is 1. The summed E-state index contributed by atoms with van der Waals surface area (Å²) in [5.41, 5.74) is 0. The first-order valence-corrected chi connectivity index (χ1v) is 11.0. The molecule has 2 aromatic heterocycles. The van der Waals surface area contributed by atoms with Crippen LogP contribution in [0.15, 0.2) is 41.6 Å². The third kappa shape index (κ3) is 5.18. The van der Waals surface area contributed by atoms with Crippen molar-refractivity contribution in [3.63, 3.8) is 0 Å². The fourth-order valence-corrected chi connectivity index (χ4v) is 4.35. The van der Waals surface area contributed by atoms with Gasteiger partial charge in [-0.15, -0.1) is 0 Å². The Bertz CT molecular complexity index is 951. The fraction of sp³-hybridized carbons (Fsp3) is 0.412. The molecule has 3 rings (SSSR count). The first-order chi connectivity index (χ1) is 13.1. The van der Waals surface area contributed by atoms with E-state index in [0.717, 1.165) is 43.1 Å².